The van der Waals surface area contributed by atoms with Gasteiger partial charge < -0.3 is 10.1 Å². The van der Waals surface area contributed by atoms with Crippen molar-refractivity contribution in [1.29, 1.82) is 0 Å². The van der Waals surface area contributed by atoms with Crippen LogP contribution in [0.4, 0.5) is 5.69 Å². The maximum atomic E-state index is 11.8. The molecule has 0 aliphatic rings. The van der Waals surface area contributed by atoms with Gasteiger partial charge in [0.2, 0.25) is 5.91 Å². The number of anilines is 1. The van der Waals surface area contributed by atoms with Crippen molar-refractivity contribution in [2.45, 2.75) is 19.3 Å². The van der Waals surface area contributed by atoms with Gasteiger partial charge in [0.1, 0.15) is 0 Å². The van der Waals surface area contributed by atoms with Crippen LogP contribution in [0.5, 0.6) is 0 Å². The number of ether oxygens (including phenoxy) is 1. The van der Waals surface area contributed by atoms with E-state index in [1.54, 1.807) is 48.5 Å². The zero-order valence-electron chi connectivity index (χ0n) is 15.7. The summed E-state index contributed by atoms with van der Waals surface area (Å²) in [5.41, 5.74) is 5.25. The number of carbonyl (C=O) groups is 4. The van der Waals surface area contributed by atoms with Gasteiger partial charge >= 0.3 is 5.97 Å². The van der Waals surface area contributed by atoms with Crippen molar-refractivity contribution in [1.82, 2.24) is 10.9 Å². The first-order valence-corrected chi connectivity index (χ1v) is 9.66. The first-order chi connectivity index (χ1) is 14.4. The van der Waals surface area contributed by atoms with Crippen LogP contribution in [0.2, 0.25) is 10.0 Å². The minimum Gasteiger partial charge on any atom is -0.456 e. The summed E-state index contributed by atoms with van der Waals surface area (Å²) in [7, 11) is 0. The summed E-state index contributed by atoms with van der Waals surface area (Å²) in [6, 6.07) is 13.1. The van der Waals surface area contributed by atoms with Crippen LogP contribution in [0.15, 0.2) is 48.5 Å². The van der Waals surface area contributed by atoms with Gasteiger partial charge in [0, 0.05) is 18.4 Å². The van der Waals surface area contributed by atoms with Gasteiger partial charge in [-0.25, -0.2) is 0 Å². The molecule has 0 radical (unpaired) electrons. The van der Waals surface area contributed by atoms with Gasteiger partial charge in [-0.3, -0.25) is 30.0 Å². The predicted octanol–water partition coefficient (Wildman–Crippen LogP) is 3.11. The smallest absolute Gasteiger partial charge is 0.306 e. The average Bonchev–Trinajstić information content (AvgIpc) is 2.74. The lowest BCUT2D eigenvalue weighted by atomic mass is 10.2. The van der Waals surface area contributed by atoms with Crippen LogP contribution in [0, 0.1) is 0 Å². The fourth-order valence-electron chi connectivity index (χ4n) is 2.25. The molecule has 0 aliphatic carbocycles. The molecule has 2 aromatic rings. The molecule has 0 saturated heterocycles. The first kappa shape index (κ1) is 23.2. The second-order valence-corrected chi connectivity index (χ2v) is 6.82. The number of amides is 3. The molecule has 3 amide bonds. The van der Waals surface area contributed by atoms with Gasteiger partial charge in [0.25, 0.3) is 11.8 Å². The predicted molar refractivity (Wildman–Crippen MR) is 112 cm³/mol. The number of rotatable bonds is 8. The van der Waals surface area contributed by atoms with Crippen LogP contribution in [-0.4, -0.2) is 30.3 Å². The molecule has 3 N–H and O–H groups in total. The Labute approximate surface area is 182 Å². The Kier molecular flexibility index (Phi) is 9.11. The van der Waals surface area contributed by atoms with E-state index < -0.39 is 30.3 Å². The van der Waals surface area contributed by atoms with Crippen molar-refractivity contribution < 1.29 is 23.9 Å². The molecule has 30 heavy (non-hydrogen) atoms. The van der Waals surface area contributed by atoms with Gasteiger partial charge in [0.15, 0.2) is 6.61 Å². The minimum atomic E-state index is -0.636. The highest BCUT2D eigenvalue weighted by Gasteiger charge is 2.12. The highest BCUT2D eigenvalue weighted by Crippen LogP contribution is 2.29. The number of benzene rings is 2. The average molecular weight is 452 g/mol. The maximum absolute atomic E-state index is 11.8. The van der Waals surface area contributed by atoms with Crippen LogP contribution in [0.3, 0.4) is 0 Å². The molecular formula is C20H19Cl2N3O5. The summed E-state index contributed by atoms with van der Waals surface area (Å²) in [5.74, 6) is -2.12. The van der Waals surface area contributed by atoms with E-state index in [0.29, 0.717) is 11.3 Å². The lowest BCUT2D eigenvalue weighted by molar-refractivity contribution is -0.147. The van der Waals surface area contributed by atoms with E-state index in [1.165, 1.54) is 0 Å². The SMILES string of the molecule is O=C(CCCC(=O)OCC(=O)Nc1cccc(Cl)c1Cl)NNC(=O)c1ccccc1. The quantitative estimate of drug-likeness (QED) is 0.421. The molecule has 0 aliphatic heterocycles. The van der Waals surface area contributed by atoms with Crippen molar-refractivity contribution in [3.8, 4) is 0 Å². The zero-order valence-corrected chi connectivity index (χ0v) is 17.3. The van der Waals surface area contributed by atoms with E-state index in [1.807, 2.05) is 0 Å². The Morgan fingerprint density at radius 2 is 1.57 bits per heavy atom. The molecule has 2 aromatic carbocycles. The Morgan fingerprint density at radius 3 is 2.30 bits per heavy atom. The van der Waals surface area contributed by atoms with Crippen molar-refractivity contribution in [3.05, 3.63) is 64.1 Å². The third kappa shape index (κ3) is 7.73. The highest BCUT2D eigenvalue weighted by atomic mass is 35.5. The molecule has 10 heteroatoms. The van der Waals surface area contributed by atoms with Crippen molar-refractivity contribution in [2.24, 2.45) is 0 Å². The number of halogens is 2. The molecule has 2 rings (SSSR count). The van der Waals surface area contributed by atoms with Gasteiger partial charge in [-0.1, -0.05) is 47.5 Å². The maximum Gasteiger partial charge on any atom is 0.306 e. The largest absolute Gasteiger partial charge is 0.456 e. The monoisotopic (exact) mass is 451 g/mol. The highest BCUT2D eigenvalue weighted by molar-refractivity contribution is 6.44. The molecule has 0 fully saturated rings. The van der Waals surface area contributed by atoms with E-state index in [0.717, 1.165) is 0 Å². The summed E-state index contributed by atoms with van der Waals surface area (Å²) in [6.45, 7) is -0.499. The fraction of sp³-hybridized carbons (Fsp3) is 0.200. The molecule has 0 spiro atoms. The van der Waals surface area contributed by atoms with Gasteiger partial charge in [-0.05, 0) is 30.7 Å². The third-order valence-corrected chi connectivity index (χ3v) is 4.55. The first-order valence-electron chi connectivity index (χ1n) is 8.90. The van der Waals surface area contributed by atoms with Crippen LogP contribution in [0.1, 0.15) is 29.6 Å². The van der Waals surface area contributed by atoms with Crippen molar-refractivity contribution in [2.75, 3.05) is 11.9 Å². The van der Waals surface area contributed by atoms with Gasteiger partial charge in [-0.15, -0.1) is 0 Å². The van der Waals surface area contributed by atoms with Crippen LogP contribution < -0.4 is 16.2 Å². The number of hydrazine groups is 1. The fourth-order valence-corrected chi connectivity index (χ4v) is 2.60. The second kappa shape index (κ2) is 11.8. The Hall–Kier alpha value is -3.10. The molecule has 0 unspecified atom stereocenters. The summed E-state index contributed by atoms with van der Waals surface area (Å²) < 4.78 is 4.86. The summed E-state index contributed by atoms with van der Waals surface area (Å²) >= 11 is 11.8. The second-order valence-electron chi connectivity index (χ2n) is 6.03. The minimum absolute atomic E-state index is 0.00547. The molecule has 0 aromatic heterocycles. The molecule has 158 valence electrons. The molecule has 8 nitrogen and oxygen atoms in total. The summed E-state index contributed by atoms with van der Waals surface area (Å²) in [4.78, 5) is 47.1. The molecule has 0 atom stereocenters. The topological polar surface area (TPSA) is 114 Å². The zero-order chi connectivity index (χ0) is 21.9. The lowest BCUT2D eigenvalue weighted by Gasteiger charge is -2.09. The lowest BCUT2D eigenvalue weighted by Crippen LogP contribution is -2.41. The van der Waals surface area contributed by atoms with E-state index >= 15 is 0 Å². The Morgan fingerprint density at radius 1 is 0.833 bits per heavy atom. The molecule has 0 heterocycles. The molecular weight excluding hydrogens is 433 g/mol. The van der Waals surface area contributed by atoms with Gasteiger partial charge in [0.05, 0.1) is 15.7 Å². The van der Waals surface area contributed by atoms with Crippen LogP contribution in [0.25, 0.3) is 0 Å². The van der Waals surface area contributed by atoms with Crippen molar-refractivity contribution in [3.63, 3.8) is 0 Å². The molecule has 0 bridgehead atoms. The third-order valence-electron chi connectivity index (χ3n) is 3.73. The van der Waals surface area contributed by atoms with E-state index in [-0.39, 0.29) is 29.3 Å². The Balaban J connectivity index is 1.61. The molecule has 0 saturated carbocycles. The van der Waals surface area contributed by atoms with Crippen LogP contribution >= 0.6 is 23.2 Å². The normalized spacial score (nSPS) is 10.1. The number of carbonyl (C=O) groups excluding carboxylic acids is 4. The number of hydrogen-bond acceptors (Lipinski definition) is 5. The van der Waals surface area contributed by atoms with Crippen molar-refractivity contribution >= 4 is 52.6 Å². The van der Waals surface area contributed by atoms with E-state index in [4.69, 9.17) is 27.9 Å². The van der Waals surface area contributed by atoms with E-state index in [9.17, 15) is 19.2 Å². The number of esters is 1. The standard InChI is InChI=1S/C20H19Cl2N3O5/c21-14-8-4-9-15(19(14)22)23-17(27)12-30-18(28)11-5-10-16(26)24-25-20(29)13-6-2-1-3-7-13/h1-4,6-9H,5,10-12H2,(H,23,27)(H,24,26)(H,25,29). The summed E-state index contributed by atoms with van der Waals surface area (Å²) in [6.07, 6.45) is 0.118. The van der Waals surface area contributed by atoms with Gasteiger partial charge in [-0.2, -0.15) is 0 Å². The number of hydrogen-bond donors (Lipinski definition) is 3. The van der Waals surface area contributed by atoms with E-state index in [2.05, 4.69) is 16.2 Å². The number of nitrogens with one attached hydrogen (secondary N) is 3. The Bertz CT molecular complexity index is 922. The van der Waals surface area contributed by atoms with Crippen LogP contribution in [-0.2, 0) is 19.1 Å². The summed E-state index contributed by atoms with van der Waals surface area (Å²) in [5, 5.41) is 2.95.